The van der Waals surface area contributed by atoms with Crippen LogP contribution in [0.3, 0.4) is 0 Å². The molecule has 1 atom stereocenters. The lowest BCUT2D eigenvalue weighted by atomic mass is 9.95. The summed E-state index contributed by atoms with van der Waals surface area (Å²) in [4.78, 5) is 28.9. The van der Waals surface area contributed by atoms with Crippen molar-refractivity contribution in [3.63, 3.8) is 0 Å². The molecule has 2 aromatic rings. The topological polar surface area (TPSA) is 86.8 Å². The number of sulfonamides is 1. The molecule has 2 amide bonds. The van der Waals surface area contributed by atoms with Gasteiger partial charge in [-0.2, -0.15) is 0 Å². The Hall–Kier alpha value is -2.87. The molecule has 1 aliphatic rings. The molecule has 0 heterocycles. The van der Waals surface area contributed by atoms with E-state index in [1.165, 1.54) is 6.42 Å². The molecule has 0 aliphatic heterocycles. The Morgan fingerprint density at radius 2 is 1.62 bits per heavy atom. The Bertz CT molecular complexity index is 1190. The van der Waals surface area contributed by atoms with Crippen LogP contribution in [0.15, 0.2) is 42.5 Å². The second-order valence-corrected chi connectivity index (χ2v) is 12.2. The van der Waals surface area contributed by atoms with Gasteiger partial charge in [0.25, 0.3) is 0 Å². The standard InChI is InChI=1S/C29H41N3O4S/c1-6-27(29(34)30-25-14-8-7-9-15-25)31(19-24-13-11-10-12-23(24)4)28(33)20-32(37(5,35)36)26-17-21(2)16-22(3)18-26/h10-13,16-18,25,27H,6-9,14-15,19-20H2,1-5H3,(H,30,34). The van der Waals surface area contributed by atoms with Crippen LogP contribution in [0.5, 0.6) is 0 Å². The molecule has 1 unspecified atom stereocenters. The Labute approximate surface area is 222 Å². The number of anilines is 1. The molecule has 1 N–H and O–H groups in total. The lowest BCUT2D eigenvalue weighted by Gasteiger charge is -2.34. The zero-order valence-electron chi connectivity index (χ0n) is 22.8. The fraction of sp³-hybridized carbons (Fsp3) is 0.517. The first-order valence-corrected chi connectivity index (χ1v) is 15.0. The molecule has 0 spiro atoms. The number of hydrogen-bond donors (Lipinski definition) is 1. The van der Waals surface area contributed by atoms with Crippen LogP contribution < -0.4 is 9.62 Å². The van der Waals surface area contributed by atoms with Crippen LogP contribution >= 0.6 is 0 Å². The molecular formula is C29H41N3O4S. The van der Waals surface area contributed by atoms with E-state index in [1.807, 2.05) is 58.0 Å². The van der Waals surface area contributed by atoms with Crippen LogP contribution in [0.2, 0.25) is 0 Å². The van der Waals surface area contributed by atoms with Crippen LogP contribution in [-0.2, 0) is 26.2 Å². The van der Waals surface area contributed by atoms with E-state index in [0.717, 1.165) is 58.5 Å². The Kier molecular flexibility index (Phi) is 9.76. The van der Waals surface area contributed by atoms with Gasteiger partial charge in [-0.3, -0.25) is 13.9 Å². The average Bonchev–Trinajstić information content (AvgIpc) is 2.82. The summed E-state index contributed by atoms with van der Waals surface area (Å²) in [7, 11) is -3.75. The maximum absolute atomic E-state index is 13.9. The number of nitrogens with one attached hydrogen (secondary N) is 1. The SMILES string of the molecule is CCC(C(=O)NC1CCCCC1)N(Cc1ccccc1C)C(=O)CN(c1cc(C)cc(C)c1)S(C)(=O)=O. The van der Waals surface area contributed by atoms with Gasteiger partial charge in [-0.15, -0.1) is 0 Å². The van der Waals surface area contributed by atoms with Gasteiger partial charge in [0.05, 0.1) is 11.9 Å². The highest BCUT2D eigenvalue weighted by molar-refractivity contribution is 7.92. The van der Waals surface area contributed by atoms with Gasteiger partial charge in [0.15, 0.2) is 0 Å². The normalized spacial score (nSPS) is 15.2. The van der Waals surface area contributed by atoms with Gasteiger partial charge in [0.2, 0.25) is 21.8 Å². The van der Waals surface area contributed by atoms with Crippen molar-refractivity contribution < 1.29 is 18.0 Å². The molecule has 1 aliphatic carbocycles. The fourth-order valence-corrected chi connectivity index (χ4v) is 5.98. The minimum Gasteiger partial charge on any atom is -0.352 e. The number of amides is 2. The molecule has 202 valence electrons. The Morgan fingerprint density at radius 3 is 2.19 bits per heavy atom. The Morgan fingerprint density at radius 1 is 1.00 bits per heavy atom. The van der Waals surface area contributed by atoms with Crippen LogP contribution in [0.1, 0.15) is 67.7 Å². The van der Waals surface area contributed by atoms with Crippen LogP contribution in [0, 0.1) is 20.8 Å². The van der Waals surface area contributed by atoms with Crippen molar-refractivity contribution in [2.24, 2.45) is 0 Å². The minimum atomic E-state index is -3.75. The summed E-state index contributed by atoms with van der Waals surface area (Å²) in [5, 5.41) is 3.17. The summed E-state index contributed by atoms with van der Waals surface area (Å²) in [5.41, 5.74) is 4.20. The molecule has 1 fully saturated rings. The van der Waals surface area contributed by atoms with Gasteiger partial charge in [0, 0.05) is 12.6 Å². The lowest BCUT2D eigenvalue weighted by Crippen LogP contribution is -2.54. The molecule has 3 rings (SSSR count). The first kappa shape index (κ1) is 28.7. The highest BCUT2D eigenvalue weighted by atomic mass is 32.2. The third-order valence-electron chi connectivity index (χ3n) is 7.11. The van der Waals surface area contributed by atoms with E-state index in [4.69, 9.17) is 0 Å². The Balaban J connectivity index is 1.94. The van der Waals surface area contributed by atoms with E-state index in [2.05, 4.69) is 5.32 Å². The number of aryl methyl sites for hydroxylation is 3. The molecule has 0 saturated heterocycles. The second-order valence-electron chi connectivity index (χ2n) is 10.3. The van der Waals surface area contributed by atoms with Crippen molar-refractivity contribution in [3.8, 4) is 0 Å². The van der Waals surface area contributed by atoms with Gasteiger partial charge < -0.3 is 10.2 Å². The number of carbonyl (C=O) groups is 2. The zero-order valence-corrected chi connectivity index (χ0v) is 23.6. The summed E-state index contributed by atoms with van der Waals surface area (Å²) in [5.74, 6) is -0.577. The molecule has 0 aromatic heterocycles. The smallest absolute Gasteiger partial charge is 0.244 e. The quantitative estimate of drug-likeness (QED) is 0.488. The zero-order chi connectivity index (χ0) is 27.2. The van der Waals surface area contributed by atoms with Gasteiger partial charge in [-0.05, 0) is 74.4 Å². The summed E-state index contributed by atoms with van der Waals surface area (Å²) < 4.78 is 26.8. The number of nitrogens with zero attached hydrogens (tertiary/aromatic N) is 2. The van der Waals surface area contributed by atoms with Crippen molar-refractivity contribution in [2.75, 3.05) is 17.1 Å². The lowest BCUT2D eigenvalue weighted by molar-refractivity contribution is -0.140. The number of hydrogen-bond acceptors (Lipinski definition) is 4. The van der Waals surface area contributed by atoms with Crippen molar-refractivity contribution in [1.29, 1.82) is 0 Å². The molecule has 0 bridgehead atoms. The van der Waals surface area contributed by atoms with E-state index in [9.17, 15) is 18.0 Å². The summed E-state index contributed by atoms with van der Waals surface area (Å²) in [6.45, 7) is 7.51. The van der Waals surface area contributed by atoms with E-state index >= 15 is 0 Å². The molecule has 1 saturated carbocycles. The highest BCUT2D eigenvalue weighted by Gasteiger charge is 2.33. The van der Waals surface area contributed by atoms with Crippen molar-refractivity contribution >= 4 is 27.5 Å². The largest absolute Gasteiger partial charge is 0.352 e. The van der Waals surface area contributed by atoms with Crippen molar-refractivity contribution in [1.82, 2.24) is 10.2 Å². The first-order chi connectivity index (χ1) is 17.5. The van der Waals surface area contributed by atoms with Crippen molar-refractivity contribution in [2.45, 2.75) is 84.8 Å². The van der Waals surface area contributed by atoms with Crippen LogP contribution in [0.25, 0.3) is 0 Å². The minimum absolute atomic E-state index is 0.119. The third-order valence-corrected chi connectivity index (χ3v) is 8.25. The molecule has 37 heavy (non-hydrogen) atoms. The summed E-state index contributed by atoms with van der Waals surface area (Å²) in [6.07, 6.45) is 6.79. The van der Waals surface area contributed by atoms with E-state index < -0.39 is 22.0 Å². The summed E-state index contributed by atoms with van der Waals surface area (Å²) >= 11 is 0. The predicted molar refractivity (Wildman–Crippen MR) is 149 cm³/mol. The molecule has 8 heteroatoms. The molecular weight excluding hydrogens is 486 g/mol. The summed E-state index contributed by atoms with van der Waals surface area (Å²) in [6, 6.07) is 12.7. The van der Waals surface area contributed by atoms with E-state index in [0.29, 0.717) is 12.1 Å². The van der Waals surface area contributed by atoms with Gasteiger partial charge in [-0.25, -0.2) is 8.42 Å². The number of carbonyl (C=O) groups excluding carboxylic acids is 2. The first-order valence-electron chi connectivity index (χ1n) is 13.2. The molecule has 0 radical (unpaired) electrons. The van der Waals surface area contributed by atoms with Crippen molar-refractivity contribution in [3.05, 3.63) is 64.7 Å². The van der Waals surface area contributed by atoms with Crippen LogP contribution in [-0.4, -0.2) is 50.0 Å². The number of rotatable bonds is 10. The van der Waals surface area contributed by atoms with Gasteiger partial charge in [0.1, 0.15) is 12.6 Å². The molecule has 2 aromatic carbocycles. The second kappa shape index (κ2) is 12.6. The average molecular weight is 528 g/mol. The van der Waals surface area contributed by atoms with Gasteiger partial charge >= 0.3 is 0 Å². The highest BCUT2D eigenvalue weighted by Crippen LogP contribution is 2.24. The monoisotopic (exact) mass is 527 g/mol. The van der Waals surface area contributed by atoms with Crippen LogP contribution in [0.4, 0.5) is 5.69 Å². The number of benzene rings is 2. The maximum atomic E-state index is 13.9. The maximum Gasteiger partial charge on any atom is 0.244 e. The fourth-order valence-electron chi connectivity index (χ4n) is 5.14. The molecule has 7 nitrogen and oxygen atoms in total. The third kappa shape index (κ3) is 7.81. The predicted octanol–water partition coefficient (Wildman–Crippen LogP) is 4.63. The van der Waals surface area contributed by atoms with Gasteiger partial charge in [-0.1, -0.05) is 56.5 Å². The van der Waals surface area contributed by atoms with E-state index in [-0.39, 0.29) is 25.0 Å². The van der Waals surface area contributed by atoms with E-state index in [1.54, 1.807) is 17.0 Å².